The van der Waals surface area contributed by atoms with E-state index in [1.54, 1.807) is 11.3 Å². The van der Waals surface area contributed by atoms with Crippen molar-refractivity contribution in [3.8, 4) is 0 Å². The minimum Gasteiger partial charge on any atom is -0.340 e. The Morgan fingerprint density at radius 3 is 3.11 bits per heavy atom. The number of nitrogens with zero attached hydrogens (tertiary/aromatic N) is 1. The zero-order valence-corrected chi connectivity index (χ0v) is 12.9. The summed E-state index contributed by atoms with van der Waals surface area (Å²) in [6.07, 6.45) is 7.10. The number of rotatable bonds is 7. The SMILES string of the molecule is O=C(CCCc1cccs1)N1CCCC1CCCCl. The summed E-state index contributed by atoms with van der Waals surface area (Å²) in [5.74, 6) is 1.05. The number of alkyl halides is 1. The highest BCUT2D eigenvalue weighted by molar-refractivity contribution is 7.09. The Morgan fingerprint density at radius 2 is 2.37 bits per heavy atom. The van der Waals surface area contributed by atoms with Crippen molar-refractivity contribution in [3.63, 3.8) is 0 Å². The standard InChI is InChI=1S/C15H22ClNOS/c16-10-2-5-13-6-3-11-17(13)15(18)9-1-7-14-8-4-12-19-14/h4,8,12-13H,1-3,5-7,9-11H2. The zero-order valence-electron chi connectivity index (χ0n) is 11.3. The van der Waals surface area contributed by atoms with Crippen LogP contribution in [0.15, 0.2) is 17.5 Å². The summed E-state index contributed by atoms with van der Waals surface area (Å²) in [7, 11) is 0. The summed E-state index contributed by atoms with van der Waals surface area (Å²) in [5, 5.41) is 2.10. The van der Waals surface area contributed by atoms with Gasteiger partial charge in [0.05, 0.1) is 0 Å². The summed E-state index contributed by atoms with van der Waals surface area (Å²) < 4.78 is 0. The van der Waals surface area contributed by atoms with Gasteiger partial charge in [0.25, 0.3) is 0 Å². The molecule has 1 aromatic heterocycles. The Morgan fingerprint density at radius 1 is 1.47 bits per heavy atom. The number of thiophene rings is 1. The Labute approximate surface area is 124 Å². The van der Waals surface area contributed by atoms with E-state index in [2.05, 4.69) is 22.4 Å². The number of aryl methyl sites for hydroxylation is 1. The topological polar surface area (TPSA) is 20.3 Å². The molecule has 1 aliphatic rings. The molecule has 1 aliphatic heterocycles. The molecule has 1 aromatic rings. The average Bonchev–Trinajstić information content (AvgIpc) is 3.07. The van der Waals surface area contributed by atoms with Crippen LogP contribution in [0.4, 0.5) is 0 Å². The van der Waals surface area contributed by atoms with Gasteiger partial charge >= 0.3 is 0 Å². The first-order chi connectivity index (χ1) is 9.31. The fourth-order valence-electron chi connectivity index (χ4n) is 2.79. The maximum absolute atomic E-state index is 12.2. The first-order valence-electron chi connectivity index (χ1n) is 7.19. The molecule has 0 aliphatic carbocycles. The highest BCUT2D eigenvalue weighted by Crippen LogP contribution is 2.23. The fourth-order valence-corrected chi connectivity index (χ4v) is 3.69. The van der Waals surface area contributed by atoms with Gasteiger partial charge in [-0.15, -0.1) is 22.9 Å². The highest BCUT2D eigenvalue weighted by Gasteiger charge is 2.27. The number of hydrogen-bond donors (Lipinski definition) is 0. The van der Waals surface area contributed by atoms with Gasteiger partial charge in [-0.3, -0.25) is 4.79 Å². The lowest BCUT2D eigenvalue weighted by atomic mass is 10.1. The maximum Gasteiger partial charge on any atom is 0.222 e. The highest BCUT2D eigenvalue weighted by atomic mass is 35.5. The average molecular weight is 300 g/mol. The third-order valence-corrected chi connectivity index (χ3v) is 4.97. The van der Waals surface area contributed by atoms with Crippen LogP contribution in [0.1, 0.15) is 43.4 Å². The zero-order chi connectivity index (χ0) is 13.5. The quantitative estimate of drug-likeness (QED) is 0.695. The van der Waals surface area contributed by atoms with Crippen LogP contribution in [0.25, 0.3) is 0 Å². The van der Waals surface area contributed by atoms with E-state index in [0.717, 1.165) is 45.1 Å². The second kappa shape index (κ2) is 7.91. The van der Waals surface area contributed by atoms with Crippen LogP contribution in [0.3, 0.4) is 0 Å². The van der Waals surface area contributed by atoms with E-state index in [1.165, 1.54) is 4.88 Å². The predicted molar refractivity (Wildman–Crippen MR) is 81.9 cm³/mol. The molecule has 0 spiro atoms. The lowest BCUT2D eigenvalue weighted by Gasteiger charge is -2.24. The minimum absolute atomic E-state index is 0.341. The van der Waals surface area contributed by atoms with E-state index in [0.29, 0.717) is 24.2 Å². The van der Waals surface area contributed by atoms with Gasteiger partial charge in [-0.25, -0.2) is 0 Å². The van der Waals surface area contributed by atoms with Crippen LogP contribution >= 0.6 is 22.9 Å². The van der Waals surface area contributed by atoms with E-state index < -0.39 is 0 Å². The molecule has 19 heavy (non-hydrogen) atoms. The molecule has 0 aromatic carbocycles. The monoisotopic (exact) mass is 299 g/mol. The van der Waals surface area contributed by atoms with Gasteiger partial charge < -0.3 is 4.90 Å². The van der Waals surface area contributed by atoms with Crippen molar-refractivity contribution in [2.45, 2.75) is 51.0 Å². The van der Waals surface area contributed by atoms with Crippen molar-refractivity contribution >= 4 is 28.8 Å². The smallest absolute Gasteiger partial charge is 0.222 e. The summed E-state index contributed by atoms with van der Waals surface area (Å²) in [6.45, 7) is 0.949. The Balaban J connectivity index is 1.72. The van der Waals surface area contributed by atoms with E-state index in [1.807, 2.05) is 0 Å². The molecule has 2 rings (SSSR count). The van der Waals surface area contributed by atoms with Gasteiger partial charge in [0.15, 0.2) is 0 Å². The van der Waals surface area contributed by atoms with Gasteiger partial charge in [0.1, 0.15) is 0 Å². The van der Waals surface area contributed by atoms with E-state index >= 15 is 0 Å². The van der Waals surface area contributed by atoms with Crippen molar-refractivity contribution < 1.29 is 4.79 Å². The number of carbonyl (C=O) groups excluding carboxylic acids is 1. The Hall–Kier alpha value is -0.540. The van der Waals surface area contributed by atoms with Gasteiger partial charge in [0, 0.05) is 29.8 Å². The summed E-state index contributed by atoms with van der Waals surface area (Å²) in [6, 6.07) is 4.67. The number of hydrogen-bond acceptors (Lipinski definition) is 2. The summed E-state index contributed by atoms with van der Waals surface area (Å²) in [4.78, 5) is 15.7. The van der Waals surface area contributed by atoms with E-state index in [9.17, 15) is 4.79 Å². The van der Waals surface area contributed by atoms with Gasteiger partial charge in [0.2, 0.25) is 5.91 Å². The van der Waals surface area contributed by atoms with Crippen LogP contribution in [0.2, 0.25) is 0 Å². The lowest BCUT2D eigenvalue weighted by molar-refractivity contribution is -0.132. The minimum atomic E-state index is 0.341. The maximum atomic E-state index is 12.2. The summed E-state index contributed by atoms with van der Waals surface area (Å²) in [5.41, 5.74) is 0. The molecular weight excluding hydrogens is 278 g/mol. The van der Waals surface area contributed by atoms with Crippen molar-refractivity contribution in [2.24, 2.45) is 0 Å². The Bertz CT molecular complexity index is 380. The van der Waals surface area contributed by atoms with E-state index in [-0.39, 0.29) is 0 Å². The predicted octanol–water partition coefficient (Wildman–Crippen LogP) is 4.08. The molecule has 0 radical (unpaired) electrons. The number of likely N-dealkylation sites (tertiary alicyclic amines) is 1. The molecule has 0 saturated carbocycles. The molecule has 0 N–H and O–H groups in total. The van der Waals surface area contributed by atoms with Crippen molar-refractivity contribution in [1.82, 2.24) is 4.90 Å². The first kappa shape index (κ1) is 14.9. The molecule has 106 valence electrons. The van der Waals surface area contributed by atoms with Gasteiger partial charge in [-0.2, -0.15) is 0 Å². The van der Waals surface area contributed by atoms with Gasteiger partial charge in [-0.05, 0) is 50.0 Å². The largest absolute Gasteiger partial charge is 0.340 e. The number of amides is 1. The molecule has 1 unspecified atom stereocenters. The molecule has 2 nitrogen and oxygen atoms in total. The molecular formula is C15H22ClNOS. The number of carbonyl (C=O) groups is 1. The van der Waals surface area contributed by atoms with Crippen LogP contribution in [0.5, 0.6) is 0 Å². The molecule has 1 fully saturated rings. The normalized spacial score (nSPS) is 19.0. The van der Waals surface area contributed by atoms with Crippen LogP contribution < -0.4 is 0 Å². The molecule has 2 heterocycles. The summed E-state index contributed by atoms with van der Waals surface area (Å²) >= 11 is 7.52. The van der Waals surface area contributed by atoms with Crippen molar-refractivity contribution in [1.29, 1.82) is 0 Å². The van der Waals surface area contributed by atoms with Gasteiger partial charge in [-0.1, -0.05) is 6.07 Å². The Kier molecular flexibility index (Phi) is 6.18. The fraction of sp³-hybridized carbons (Fsp3) is 0.667. The molecule has 1 amide bonds. The first-order valence-corrected chi connectivity index (χ1v) is 8.60. The van der Waals surface area contributed by atoms with Crippen LogP contribution in [0, 0.1) is 0 Å². The third-order valence-electron chi connectivity index (χ3n) is 3.76. The molecule has 1 saturated heterocycles. The third kappa shape index (κ3) is 4.50. The van der Waals surface area contributed by atoms with Crippen molar-refractivity contribution in [2.75, 3.05) is 12.4 Å². The number of halogens is 1. The molecule has 4 heteroatoms. The lowest BCUT2D eigenvalue weighted by Crippen LogP contribution is -2.35. The van der Waals surface area contributed by atoms with Crippen LogP contribution in [-0.4, -0.2) is 29.3 Å². The van der Waals surface area contributed by atoms with Crippen molar-refractivity contribution in [3.05, 3.63) is 22.4 Å². The second-order valence-corrected chi connectivity index (χ2v) is 6.56. The second-order valence-electron chi connectivity index (χ2n) is 5.15. The molecule has 0 bridgehead atoms. The molecule has 1 atom stereocenters. The van der Waals surface area contributed by atoms with E-state index in [4.69, 9.17) is 11.6 Å². The van der Waals surface area contributed by atoms with Crippen LogP contribution in [-0.2, 0) is 11.2 Å².